The first kappa shape index (κ1) is 18.7. The second-order valence-electron chi connectivity index (χ2n) is 7.07. The normalized spacial score (nSPS) is 34.6. The molecule has 132 valence electrons. The summed E-state index contributed by atoms with van der Waals surface area (Å²) in [4.78, 5) is 14.4. The molecule has 0 aromatic heterocycles. The lowest BCUT2D eigenvalue weighted by atomic mass is 9.89. The first-order chi connectivity index (χ1) is 10.5. The van der Waals surface area contributed by atoms with Crippen molar-refractivity contribution in [2.24, 2.45) is 5.92 Å². The molecular formula is C16H27ClN2O3S. The number of amides is 1. The number of hydrogen-bond acceptors (Lipinski definition) is 4. The molecule has 3 saturated heterocycles. The summed E-state index contributed by atoms with van der Waals surface area (Å²) < 4.78 is 23.4. The fourth-order valence-electron chi connectivity index (χ4n) is 4.32. The minimum atomic E-state index is -2.97. The summed E-state index contributed by atoms with van der Waals surface area (Å²) in [7, 11) is -2.97. The molecule has 7 heteroatoms. The quantitative estimate of drug-likeness (QED) is 0.753. The molecule has 0 saturated carbocycles. The summed E-state index contributed by atoms with van der Waals surface area (Å²) >= 11 is 0. The molecule has 3 heterocycles. The molecule has 3 aliphatic rings. The number of halogens is 1. The van der Waals surface area contributed by atoms with Gasteiger partial charge < -0.3 is 10.2 Å². The Morgan fingerprint density at radius 1 is 1.22 bits per heavy atom. The third-order valence-electron chi connectivity index (χ3n) is 5.33. The summed E-state index contributed by atoms with van der Waals surface area (Å²) in [5, 5.41) is 3.59. The largest absolute Gasteiger partial charge is 0.335 e. The minimum absolute atomic E-state index is 0. The molecule has 3 atom stereocenters. The zero-order valence-corrected chi connectivity index (χ0v) is 15.1. The molecule has 0 aromatic carbocycles. The van der Waals surface area contributed by atoms with Gasteiger partial charge in [-0.25, -0.2) is 8.42 Å². The van der Waals surface area contributed by atoms with Crippen molar-refractivity contribution in [2.45, 2.75) is 56.7 Å². The Bertz CT molecular complexity index is 540. The van der Waals surface area contributed by atoms with Gasteiger partial charge in [0.2, 0.25) is 5.91 Å². The molecule has 3 fully saturated rings. The molecular weight excluding hydrogens is 336 g/mol. The topological polar surface area (TPSA) is 66.5 Å². The van der Waals surface area contributed by atoms with Gasteiger partial charge >= 0.3 is 0 Å². The van der Waals surface area contributed by atoms with Crippen LogP contribution in [0, 0.1) is 5.92 Å². The van der Waals surface area contributed by atoms with E-state index in [0.717, 1.165) is 12.8 Å². The van der Waals surface area contributed by atoms with E-state index >= 15 is 0 Å². The Morgan fingerprint density at radius 2 is 1.87 bits per heavy atom. The van der Waals surface area contributed by atoms with Crippen LogP contribution in [0.25, 0.3) is 0 Å². The second kappa shape index (κ2) is 7.53. The van der Waals surface area contributed by atoms with Gasteiger partial charge in [0, 0.05) is 31.1 Å². The number of nitrogens with zero attached hydrogens (tertiary/aromatic N) is 1. The first-order valence-electron chi connectivity index (χ1n) is 8.33. The Labute approximate surface area is 145 Å². The third kappa shape index (κ3) is 4.48. The predicted molar refractivity (Wildman–Crippen MR) is 93.5 cm³/mol. The predicted octanol–water partition coefficient (Wildman–Crippen LogP) is 1.53. The van der Waals surface area contributed by atoms with Crippen molar-refractivity contribution in [2.75, 3.05) is 18.1 Å². The van der Waals surface area contributed by atoms with Gasteiger partial charge in [-0.2, -0.15) is 0 Å². The van der Waals surface area contributed by atoms with Crippen molar-refractivity contribution in [1.29, 1.82) is 0 Å². The average molecular weight is 363 g/mol. The van der Waals surface area contributed by atoms with E-state index in [4.69, 9.17) is 0 Å². The zero-order chi connectivity index (χ0) is 15.7. The molecule has 0 aliphatic carbocycles. The maximum Gasteiger partial charge on any atom is 0.223 e. The lowest BCUT2D eigenvalue weighted by Crippen LogP contribution is -2.44. The highest BCUT2D eigenvalue weighted by Crippen LogP contribution is 2.33. The van der Waals surface area contributed by atoms with Crippen LogP contribution in [-0.2, 0) is 14.6 Å². The van der Waals surface area contributed by atoms with Crippen molar-refractivity contribution in [1.82, 2.24) is 10.2 Å². The molecule has 0 spiro atoms. The molecule has 2 bridgehead atoms. The highest BCUT2D eigenvalue weighted by molar-refractivity contribution is 7.91. The number of rotatable bonds is 5. The lowest BCUT2D eigenvalue weighted by Gasteiger charge is -2.32. The van der Waals surface area contributed by atoms with Gasteiger partial charge in [-0.1, -0.05) is 6.08 Å². The van der Waals surface area contributed by atoms with Gasteiger partial charge in [0.1, 0.15) is 0 Å². The number of nitrogens with one attached hydrogen (secondary N) is 1. The number of hydrogen-bond donors (Lipinski definition) is 1. The van der Waals surface area contributed by atoms with E-state index in [0.29, 0.717) is 37.4 Å². The average Bonchev–Trinajstić information content (AvgIpc) is 2.98. The molecule has 3 rings (SSSR count). The van der Waals surface area contributed by atoms with Gasteiger partial charge in [-0.3, -0.25) is 4.79 Å². The molecule has 0 aromatic rings. The van der Waals surface area contributed by atoms with Crippen LogP contribution in [0.5, 0.6) is 0 Å². The Balaban J connectivity index is 0.00000192. The van der Waals surface area contributed by atoms with Crippen molar-refractivity contribution in [3.05, 3.63) is 12.7 Å². The molecule has 1 amide bonds. The van der Waals surface area contributed by atoms with Crippen LogP contribution in [0.1, 0.15) is 38.5 Å². The summed E-state index contributed by atoms with van der Waals surface area (Å²) in [6, 6.07) is 1.00. The van der Waals surface area contributed by atoms with E-state index in [1.165, 1.54) is 12.8 Å². The van der Waals surface area contributed by atoms with E-state index in [1.54, 1.807) is 11.0 Å². The van der Waals surface area contributed by atoms with Gasteiger partial charge in [0.05, 0.1) is 11.5 Å². The Hall–Kier alpha value is -0.590. The number of piperidine rings is 1. The standard InChI is InChI=1S/C16H26N2O3S.ClH/c1-2-6-18(15-5-7-22(20,21)11-15)16(19)10-12-8-13-3-4-14(9-12)17-13;/h2,12-15,17H,1,3-11H2;1H. The molecule has 3 aliphatic heterocycles. The van der Waals surface area contributed by atoms with Gasteiger partial charge in [0.25, 0.3) is 0 Å². The summed E-state index contributed by atoms with van der Waals surface area (Å²) in [5.74, 6) is 0.866. The summed E-state index contributed by atoms with van der Waals surface area (Å²) in [6.45, 7) is 4.17. The molecule has 1 N–H and O–H groups in total. The van der Waals surface area contributed by atoms with Crippen molar-refractivity contribution in [3.8, 4) is 0 Å². The molecule has 23 heavy (non-hydrogen) atoms. The highest BCUT2D eigenvalue weighted by Gasteiger charge is 2.37. The Morgan fingerprint density at radius 3 is 2.39 bits per heavy atom. The SMILES string of the molecule is C=CCN(C(=O)CC1CC2CCC(C1)N2)C1CCS(=O)(=O)C1.Cl. The van der Waals surface area contributed by atoms with E-state index in [-0.39, 0.29) is 35.9 Å². The van der Waals surface area contributed by atoms with Crippen LogP contribution in [0.2, 0.25) is 0 Å². The van der Waals surface area contributed by atoms with Crippen LogP contribution in [-0.4, -0.2) is 55.4 Å². The number of carbonyl (C=O) groups is 1. The summed E-state index contributed by atoms with van der Waals surface area (Å²) in [5.41, 5.74) is 0. The van der Waals surface area contributed by atoms with Gasteiger partial charge in [-0.05, 0) is 38.0 Å². The molecule has 0 radical (unpaired) electrons. The Kier molecular flexibility index (Phi) is 6.14. The van der Waals surface area contributed by atoms with Crippen LogP contribution in [0.3, 0.4) is 0 Å². The maximum absolute atomic E-state index is 12.7. The van der Waals surface area contributed by atoms with E-state index < -0.39 is 9.84 Å². The molecule has 5 nitrogen and oxygen atoms in total. The van der Waals surface area contributed by atoms with Crippen molar-refractivity contribution >= 4 is 28.2 Å². The van der Waals surface area contributed by atoms with E-state index in [9.17, 15) is 13.2 Å². The van der Waals surface area contributed by atoms with Crippen LogP contribution in [0.15, 0.2) is 12.7 Å². The second-order valence-corrected chi connectivity index (χ2v) is 9.30. The first-order valence-corrected chi connectivity index (χ1v) is 10.2. The van der Waals surface area contributed by atoms with Crippen molar-refractivity contribution < 1.29 is 13.2 Å². The van der Waals surface area contributed by atoms with Gasteiger partial charge in [0.15, 0.2) is 9.84 Å². The smallest absolute Gasteiger partial charge is 0.223 e. The zero-order valence-electron chi connectivity index (χ0n) is 13.4. The fraction of sp³-hybridized carbons (Fsp3) is 0.812. The van der Waals surface area contributed by atoms with Crippen LogP contribution >= 0.6 is 12.4 Å². The summed E-state index contributed by atoms with van der Waals surface area (Å²) in [6.07, 6.45) is 7.44. The van der Waals surface area contributed by atoms with Crippen molar-refractivity contribution in [3.63, 3.8) is 0 Å². The van der Waals surface area contributed by atoms with Crippen LogP contribution in [0.4, 0.5) is 0 Å². The van der Waals surface area contributed by atoms with E-state index in [2.05, 4.69) is 11.9 Å². The fourth-order valence-corrected chi connectivity index (χ4v) is 6.05. The lowest BCUT2D eigenvalue weighted by molar-refractivity contribution is -0.133. The maximum atomic E-state index is 12.7. The highest BCUT2D eigenvalue weighted by atomic mass is 35.5. The van der Waals surface area contributed by atoms with E-state index in [1.807, 2.05) is 0 Å². The molecule has 3 unspecified atom stereocenters. The third-order valence-corrected chi connectivity index (χ3v) is 7.08. The number of sulfone groups is 1. The number of fused-ring (bicyclic) bond motifs is 2. The number of carbonyl (C=O) groups excluding carboxylic acids is 1. The van der Waals surface area contributed by atoms with Gasteiger partial charge in [-0.15, -0.1) is 19.0 Å². The van der Waals surface area contributed by atoms with Crippen LogP contribution < -0.4 is 5.32 Å². The monoisotopic (exact) mass is 362 g/mol. The minimum Gasteiger partial charge on any atom is -0.335 e.